The van der Waals surface area contributed by atoms with Crippen molar-refractivity contribution >= 4 is 74.8 Å². The molecule has 1 saturated heterocycles. The minimum Gasteiger partial charge on any atom is -0.490 e. The molecule has 0 aromatic heterocycles. The van der Waals surface area contributed by atoms with Gasteiger partial charge in [-0.1, -0.05) is 29.8 Å². The third kappa shape index (κ3) is 6.65. The molecule has 1 fully saturated rings. The molecular weight excluding hydrogens is 627 g/mol. The van der Waals surface area contributed by atoms with Gasteiger partial charge in [-0.15, -0.1) is 0 Å². The lowest BCUT2D eigenvalue weighted by Gasteiger charge is -2.15. The van der Waals surface area contributed by atoms with E-state index in [-0.39, 0.29) is 11.5 Å². The number of halogens is 2. The predicted molar refractivity (Wildman–Crippen MR) is 155 cm³/mol. The Balaban J connectivity index is 1.59. The second-order valence-electron chi connectivity index (χ2n) is 7.91. The van der Waals surface area contributed by atoms with E-state index in [0.29, 0.717) is 45.5 Å². The fraction of sp³-hybridized carbons (Fsp3) is 0.148. The minimum atomic E-state index is -1.04. The fourth-order valence-corrected chi connectivity index (χ4v) is 5.46. The summed E-state index contributed by atoms with van der Waals surface area (Å²) in [5, 5.41) is 10.3. The molecular formula is C27H22ClIN2O5S. The van der Waals surface area contributed by atoms with E-state index in [9.17, 15) is 14.7 Å². The lowest BCUT2D eigenvalue weighted by atomic mass is 10.1. The van der Waals surface area contributed by atoms with E-state index in [1.54, 1.807) is 25.3 Å². The van der Waals surface area contributed by atoms with Gasteiger partial charge in [0.1, 0.15) is 6.61 Å². The van der Waals surface area contributed by atoms with Crippen molar-refractivity contribution in [3.63, 3.8) is 0 Å². The van der Waals surface area contributed by atoms with Crippen molar-refractivity contribution in [3.05, 3.63) is 90.9 Å². The van der Waals surface area contributed by atoms with Gasteiger partial charge >= 0.3 is 5.97 Å². The molecule has 4 rings (SSSR count). The number of likely N-dealkylation sites (N-methyl/N-ethyl adjacent to an activating group) is 1. The first-order valence-corrected chi connectivity index (χ1v) is 13.5. The zero-order chi connectivity index (χ0) is 26.5. The molecule has 1 aliphatic heterocycles. The Morgan fingerprint density at radius 2 is 1.95 bits per heavy atom. The minimum absolute atomic E-state index is 0.130. The predicted octanol–water partition coefficient (Wildman–Crippen LogP) is 6.85. The number of aliphatic imine (C=N–C) groups is 1. The van der Waals surface area contributed by atoms with Crippen LogP contribution in [0.25, 0.3) is 6.08 Å². The summed E-state index contributed by atoms with van der Waals surface area (Å²) in [6.07, 6.45) is 1.78. The first-order valence-electron chi connectivity index (χ1n) is 11.2. The van der Waals surface area contributed by atoms with Crippen LogP contribution in [0.4, 0.5) is 5.69 Å². The maximum absolute atomic E-state index is 12.9. The SMILES string of the molecule is CCOc1cc(/C=C2\SC(=Nc3cccc(C(=O)O)c3)N(C)C2=O)cc(I)c1OCc1cccc(Cl)c1. The van der Waals surface area contributed by atoms with Crippen LogP contribution in [0.15, 0.2) is 70.6 Å². The molecule has 1 aliphatic rings. The molecule has 3 aromatic rings. The van der Waals surface area contributed by atoms with Gasteiger partial charge in [0.15, 0.2) is 16.7 Å². The van der Waals surface area contributed by atoms with Crippen molar-refractivity contribution < 1.29 is 24.2 Å². The van der Waals surface area contributed by atoms with Gasteiger partial charge < -0.3 is 14.6 Å². The van der Waals surface area contributed by atoms with Gasteiger partial charge in [0.05, 0.1) is 26.3 Å². The Bertz CT molecular complexity index is 1430. The number of amides is 1. The third-order valence-corrected chi connectivity index (χ3v) is 7.32. The van der Waals surface area contributed by atoms with Gasteiger partial charge in [0, 0.05) is 12.1 Å². The highest BCUT2D eigenvalue weighted by molar-refractivity contribution is 14.1. The Hall–Kier alpha value is -3.02. The largest absolute Gasteiger partial charge is 0.490 e. The number of rotatable bonds is 8. The quantitative estimate of drug-likeness (QED) is 0.212. The Morgan fingerprint density at radius 1 is 1.16 bits per heavy atom. The average Bonchev–Trinajstić information content (AvgIpc) is 3.11. The summed E-state index contributed by atoms with van der Waals surface area (Å²) in [7, 11) is 1.64. The molecule has 7 nitrogen and oxygen atoms in total. The summed E-state index contributed by atoms with van der Waals surface area (Å²) >= 11 is 9.50. The topological polar surface area (TPSA) is 88.4 Å². The second kappa shape index (κ2) is 12.0. The number of carboxylic acids is 1. The molecule has 1 heterocycles. The summed E-state index contributed by atoms with van der Waals surface area (Å²) in [5.41, 5.74) is 2.30. The van der Waals surface area contributed by atoms with Gasteiger partial charge in [-0.25, -0.2) is 9.79 Å². The number of nitrogens with zero attached hydrogens (tertiary/aromatic N) is 2. The van der Waals surface area contributed by atoms with E-state index in [1.165, 1.54) is 28.8 Å². The van der Waals surface area contributed by atoms with E-state index in [2.05, 4.69) is 27.6 Å². The van der Waals surface area contributed by atoms with E-state index < -0.39 is 5.97 Å². The van der Waals surface area contributed by atoms with Crippen molar-refractivity contribution in [2.24, 2.45) is 4.99 Å². The smallest absolute Gasteiger partial charge is 0.335 e. The number of carboxylic acid groups (broad SMARTS) is 1. The Morgan fingerprint density at radius 3 is 2.68 bits per heavy atom. The fourth-order valence-electron chi connectivity index (χ4n) is 3.48. The summed E-state index contributed by atoms with van der Waals surface area (Å²) in [4.78, 5) is 30.6. The van der Waals surface area contributed by atoms with E-state index in [1.807, 2.05) is 43.3 Å². The number of ether oxygens (including phenoxy) is 2. The van der Waals surface area contributed by atoms with E-state index in [4.69, 9.17) is 21.1 Å². The van der Waals surface area contributed by atoms with Crippen LogP contribution in [0.2, 0.25) is 5.02 Å². The summed E-state index contributed by atoms with van der Waals surface area (Å²) in [6.45, 7) is 2.68. The van der Waals surface area contributed by atoms with E-state index in [0.717, 1.165) is 14.7 Å². The molecule has 0 radical (unpaired) electrons. The molecule has 1 N–H and O–H groups in total. The number of hydrogen-bond acceptors (Lipinski definition) is 6. The number of amidine groups is 1. The standard InChI is InChI=1S/C27H22ClIN2O5S/c1-3-35-22-12-17(11-21(29)24(22)36-15-16-6-4-8-19(28)10-16)13-23-25(32)31(2)27(37-23)30-20-9-5-7-18(14-20)26(33)34/h4-14H,3,15H2,1-2H3,(H,33,34)/b23-13-,30-27?. The van der Waals surface area contributed by atoms with Gasteiger partial charge in [-0.3, -0.25) is 9.69 Å². The van der Waals surface area contributed by atoms with Gasteiger partial charge in [0.25, 0.3) is 5.91 Å². The van der Waals surface area contributed by atoms with Crippen molar-refractivity contribution in [1.82, 2.24) is 4.90 Å². The molecule has 10 heteroatoms. The number of hydrogen-bond donors (Lipinski definition) is 1. The van der Waals surface area contributed by atoms with E-state index >= 15 is 0 Å². The van der Waals surface area contributed by atoms with Crippen LogP contribution in [0.1, 0.15) is 28.4 Å². The van der Waals surface area contributed by atoms with Crippen LogP contribution >= 0.6 is 46.0 Å². The maximum Gasteiger partial charge on any atom is 0.335 e. The van der Waals surface area contributed by atoms with Crippen LogP contribution in [0, 0.1) is 3.57 Å². The monoisotopic (exact) mass is 648 g/mol. The number of benzene rings is 3. The molecule has 0 atom stereocenters. The van der Waals surface area contributed by atoms with Crippen molar-refractivity contribution in [1.29, 1.82) is 0 Å². The molecule has 1 amide bonds. The lowest BCUT2D eigenvalue weighted by molar-refractivity contribution is -0.121. The Labute approximate surface area is 237 Å². The molecule has 3 aromatic carbocycles. The van der Waals surface area contributed by atoms with Gasteiger partial charge in [0.2, 0.25) is 0 Å². The number of thioether (sulfide) groups is 1. The van der Waals surface area contributed by atoms with Crippen molar-refractivity contribution in [2.75, 3.05) is 13.7 Å². The average molecular weight is 649 g/mol. The van der Waals surface area contributed by atoms with Crippen molar-refractivity contribution in [3.8, 4) is 11.5 Å². The molecule has 190 valence electrons. The number of carbonyl (C=O) groups is 2. The molecule has 37 heavy (non-hydrogen) atoms. The van der Waals surface area contributed by atoms with Gasteiger partial charge in [-0.05, 0) is 101 Å². The highest BCUT2D eigenvalue weighted by Gasteiger charge is 2.30. The molecule has 0 bridgehead atoms. The molecule has 0 spiro atoms. The normalized spacial score (nSPS) is 15.5. The zero-order valence-electron chi connectivity index (χ0n) is 19.9. The highest BCUT2D eigenvalue weighted by atomic mass is 127. The van der Waals surface area contributed by atoms with Crippen LogP contribution < -0.4 is 9.47 Å². The van der Waals surface area contributed by atoms with Crippen LogP contribution in [-0.4, -0.2) is 40.7 Å². The van der Waals surface area contributed by atoms with Crippen LogP contribution in [0.5, 0.6) is 11.5 Å². The zero-order valence-corrected chi connectivity index (χ0v) is 23.6. The first kappa shape index (κ1) is 27.0. The third-order valence-electron chi connectivity index (χ3n) is 5.22. The highest BCUT2D eigenvalue weighted by Crippen LogP contribution is 2.38. The molecule has 0 unspecified atom stereocenters. The summed E-state index contributed by atoms with van der Waals surface area (Å²) in [5.74, 6) is -0.0441. The molecule has 0 saturated carbocycles. The summed E-state index contributed by atoms with van der Waals surface area (Å²) < 4.78 is 12.8. The van der Waals surface area contributed by atoms with Crippen LogP contribution in [-0.2, 0) is 11.4 Å². The second-order valence-corrected chi connectivity index (χ2v) is 10.5. The number of aromatic carboxylic acids is 1. The maximum atomic E-state index is 12.9. The summed E-state index contributed by atoms with van der Waals surface area (Å²) in [6, 6.07) is 17.5. The number of carbonyl (C=O) groups excluding carboxylic acids is 1. The first-order chi connectivity index (χ1) is 17.7. The van der Waals surface area contributed by atoms with Crippen molar-refractivity contribution in [2.45, 2.75) is 13.5 Å². The lowest BCUT2D eigenvalue weighted by Crippen LogP contribution is -2.23. The van der Waals surface area contributed by atoms with Crippen LogP contribution in [0.3, 0.4) is 0 Å². The molecule has 0 aliphatic carbocycles. The Kier molecular flexibility index (Phi) is 8.78. The van der Waals surface area contributed by atoms with Gasteiger partial charge in [-0.2, -0.15) is 0 Å².